The number of aromatic amines is 1. The fourth-order valence-corrected chi connectivity index (χ4v) is 1.19. The van der Waals surface area contributed by atoms with Crippen molar-refractivity contribution < 1.29 is 13.5 Å². The summed E-state index contributed by atoms with van der Waals surface area (Å²) in [4.78, 5) is 18.7. The van der Waals surface area contributed by atoms with Crippen molar-refractivity contribution in [1.29, 1.82) is 0 Å². The normalized spacial score (nSPS) is 11.2. The van der Waals surface area contributed by atoms with Crippen molar-refractivity contribution in [3.05, 3.63) is 22.1 Å². The number of nitrogens with one attached hydrogen (secondary N) is 1. The van der Waals surface area contributed by atoms with Gasteiger partial charge in [0.1, 0.15) is 5.69 Å². The van der Waals surface area contributed by atoms with E-state index in [-0.39, 0.29) is 11.8 Å². The Bertz CT molecular complexity index is 563. The lowest BCUT2D eigenvalue weighted by Gasteiger charge is -1.96. The summed E-state index contributed by atoms with van der Waals surface area (Å²) in [6.07, 6.45) is -2.80. The molecule has 0 aliphatic heterocycles. The number of hydrogen-bond donors (Lipinski definition) is 1. The van der Waals surface area contributed by atoms with Crippen LogP contribution in [0.2, 0.25) is 0 Å². The van der Waals surface area contributed by atoms with Crippen LogP contribution >= 0.6 is 0 Å². The Morgan fingerprint density at radius 2 is 2.31 bits per heavy atom. The molecular formula is C8H8F2N4O2. The van der Waals surface area contributed by atoms with Gasteiger partial charge in [0.2, 0.25) is 0 Å². The number of fused-ring (bicyclic) bond motifs is 1. The summed E-state index contributed by atoms with van der Waals surface area (Å²) in [6, 6.07) is 0.824. The predicted octanol–water partition coefficient (Wildman–Crippen LogP) is 0.754. The first kappa shape index (κ1) is 10.5. The molecule has 6 nitrogen and oxygen atoms in total. The molecule has 8 heteroatoms. The standard InChI is InChI=1S/C8H8F2N4O2/c1-2-16-8-12-7-11-4(6(9)10)3-5(15)14(7)13-8/h3,6H,2H2,1H3,(H,11,12,13). The van der Waals surface area contributed by atoms with Crippen molar-refractivity contribution in [1.82, 2.24) is 19.6 Å². The second kappa shape index (κ2) is 3.87. The summed E-state index contributed by atoms with van der Waals surface area (Å²) in [5.41, 5.74) is -1.25. The second-order valence-corrected chi connectivity index (χ2v) is 2.92. The van der Waals surface area contributed by atoms with E-state index < -0.39 is 17.7 Å². The molecule has 0 fully saturated rings. The smallest absolute Gasteiger partial charge is 0.312 e. The van der Waals surface area contributed by atoms with Crippen LogP contribution in [0.25, 0.3) is 5.78 Å². The van der Waals surface area contributed by atoms with Crippen LogP contribution in [0.3, 0.4) is 0 Å². The highest BCUT2D eigenvalue weighted by molar-refractivity contribution is 5.29. The first-order valence-electron chi connectivity index (χ1n) is 4.52. The first-order valence-corrected chi connectivity index (χ1v) is 4.52. The Hall–Kier alpha value is -1.99. The summed E-state index contributed by atoms with van der Waals surface area (Å²) >= 11 is 0. The van der Waals surface area contributed by atoms with Crippen LogP contribution in [0.15, 0.2) is 10.9 Å². The largest absolute Gasteiger partial charge is 0.464 e. The number of ether oxygens (including phenoxy) is 1. The minimum absolute atomic E-state index is 0.0681. The van der Waals surface area contributed by atoms with E-state index in [9.17, 15) is 13.6 Å². The fraction of sp³-hybridized carbons (Fsp3) is 0.375. The minimum atomic E-state index is -2.80. The van der Waals surface area contributed by atoms with E-state index in [1.165, 1.54) is 0 Å². The van der Waals surface area contributed by atoms with E-state index in [1.807, 2.05) is 0 Å². The van der Waals surface area contributed by atoms with E-state index in [4.69, 9.17) is 4.74 Å². The van der Waals surface area contributed by atoms with Crippen molar-refractivity contribution in [2.75, 3.05) is 6.61 Å². The van der Waals surface area contributed by atoms with Gasteiger partial charge in [-0.05, 0) is 6.92 Å². The fourth-order valence-electron chi connectivity index (χ4n) is 1.19. The van der Waals surface area contributed by atoms with Gasteiger partial charge in [0, 0.05) is 6.07 Å². The zero-order chi connectivity index (χ0) is 11.7. The third kappa shape index (κ3) is 1.73. The lowest BCUT2D eigenvalue weighted by molar-refractivity contribution is 0.146. The van der Waals surface area contributed by atoms with E-state index >= 15 is 0 Å². The van der Waals surface area contributed by atoms with Gasteiger partial charge < -0.3 is 4.74 Å². The van der Waals surface area contributed by atoms with Gasteiger partial charge >= 0.3 is 6.01 Å². The maximum atomic E-state index is 12.3. The van der Waals surface area contributed by atoms with Crippen molar-refractivity contribution in [3.63, 3.8) is 0 Å². The lowest BCUT2D eigenvalue weighted by Crippen LogP contribution is -2.15. The summed E-state index contributed by atoms with van der Waals surface area (Å²) in [5.74, 6) is -0.133. The highest BCUT2D eigenvalue weighted by Crippen LogP contribution is 2.15. The number of rotatable bonds is 3. The third-order valence-electron chi connectivity index (χ3n) is 1.83. The Kier molecular flexibility index (Phi) is 2.55. The van der Waals surface area contributed by atoms with E-state index in [0.717, 1.165) is 10.6 Å². The molecule has 0 aliphatic rings. The number of nitrogens with zero attached hydrogens (tertiary/aromatic N) is 3. The molecule has 16 heavy (non-hydrogen) atoms. The highest BCUT2D eigenvalue weighted by Gasteiger charge is 2.14. The molecule has 0 saturated heterocycles. The Labute approximate surface area is 87.9 Å². The molecule has 2 aromatic heterocycles. The van der Waals surface area contributed by atoms with E-state index in [2.05, 4.69) is 15.1 Å². The van der Waals surface area contributed by atoms with Crippen LogP contribution in [-0.2, 0) is 0 Å². The monoisotopic (exact) mass is 230 g/mol. The van der Waals surface area contributed by atoms with Gasteiger partial charge in [-0.2, -0.15) is 9.50 Å². The quantitative estimate of drug-likeness (QED) is 0.844. The first-order chi connectivity index (χ1) is 7.61. The number of aromatic nitrogens is 4. The van der Waals surface area contributed by atoms with Gasteiger partial charge in [0.05, 0.1) is 6.61 Å². The van der Waals surface area contributed by atoms with Gasteiger partial charge in [-0.15, -0.1) is 0 Å². The number of hydrogen-bond acceptors (Lipinski definition) is 4. The van der Waals surface area contributed by atoms with Crippen LogP contribution in [0.1, 0.15) is 19.0 Å². The molecule has 0 amide bonds. The number of halogens is 2. The average Bonchev–Trinajstić information content (AvgIpc) is 2.61. The van der Waals surface area contributed by atoms with Gasteiger partial charge in [-0.3, -0.25) is 4.79 Å². The maximum absolute atomic E-state index is 12.3. The second-order valence-electron chi connectivity index (χ2n) is 2.92. The predicted molar refractivity (Wildman–Crippen MR) is 49.7 cm³/mol. The molecule has 0 atom stereocenters. The number of H-pyrrole nitrogens is 1. The van der Waals surface area contributed by atoms with Gasteiger partial charge in [0.15, 0.2) is 0 Å². The number of alkyl halides is 2. The lowest BCUT2D eigenvalue weighted by atomic mass is 10.4. The Balaban J connectivity index is 2.59. The SMILES string of the molecule is CCOc1nc2nc(C(F)F)cc(=O)n2[nH]1. The van der Waals surface area contributed by atoms with Crippen LogP contribution in [-0.4, -0.2) is 26.2 Å². The molecule has 0 spiro atoms. The molecule has 2 rings (SSSR count). The van der Waals surface area contributed by atoms with E-state index in [0.29, 0.717) is 6.61 Å². The zero-order valence-corrected chi connectivity index (χ0v) is 8.28. The average molecular weight is 230 g/mol. The van der Waals surface area contributed by atoms with Gasteiger partial charge in [-0.25, -0.2) is 18.9 Å². The van der Waals surface area contributed by atoms with Crippen molar-refractivity contribution in [3.8, 4) is 6.01 Å². The molecule has 86 valence electrons. The van der Waals surface area contributed by atoms with Crippen LogP contribution in [0.5, 0.6) is 6.01 Å². The summed E-state index contributed by atoms with van der Waals surface area (Å²) in [6.45, 7) is 2.07. The zero-order valence-electron chi connectivity index (χ0n) is 8.28. The molecular weight excluding hydrogens is 222 g/mol. The van der Waals surface area contributed by atoms with Crippen LogP contribution < -0.4 is 10.3 Å². The van der Waals surface area contributed by atoms with Crippen LogP contribution in [0, 0.1) is 0 Å². The van der Waals surface area contributed by atoms with Crippen LogP contribution in [0.4, 0.5) is 8.78 Å². The van der Waals surface area contributed by atoms with Crippen molar-refractivity contribution in [2.24, 2.45) is 0 Å². The third-order valence-corrected chi connectivity index (χ3v) is 1.83. The molecule has 0 unspecified atom stereocenters. The molecule has 0 saturated carbocycles. The Morgan fingerprint density at radius 3 is 2.94 bits per heavy atom. The van der Waals surface area contributed by atoms with Crippen molar-refractivity contribution >= 4 is 5.78 Å². The molecule has 2 heterocycles. The molecule has 0 radical (unpaired) electrons. The Morgan fingerprint density at radius 1 is 1.56 bits per heavy atom. The van der Waals surface area contributed by atoms with Crippen molar-refractivity contribution in [2.45, 2.75) is 13.3 Å². The molecule has 0 aliphatic carbocycles. The summed E-state index contributed by atoms with van der Waals surface area (Å²) in [5, 5.41) is 2.49. The van der Waals surface area contributed by atoms with Gasteiger partial charge in [-0.1, -0.05) is 0 Å². The van der Waals surface area contributed by atoms with Gasteiger partial charge in [0.25, 0.3) is 17.8 Å². The maximum Gasteiger partial charge on any atom is 0.312 e. The molecule has 1 N–H and O–H groups in total. The topological polar surface area (TPSA) is 72.3 Å². The highest BCUT2D eigenvalue weighted by atomic mass is 19.3. The summed E-state index contributed by atoms with van der Waals surface area (Å²) in [7, 11) is 0. The summed E-state index contributed by atoms with van der Waals surface area (Å²) < 4.78 is 30.6. The van der Waals surface area contributed by atoms with E-state index in [1.54, 1.807) is 6.92 Å². The minimum Gasteiger partial charge on any atom is -0.464 e. The molecule has 0 bridgehead atoms. The molecule has 2 aromatic rings. The molecule has 0 aromatic carbocycles.